The molecule has 1 saturated heterocycles. The fraction of sp³-hybridized carbons (Fsp3) is 0.556. The van der Waals surface area contributed by atoms with Gasteiger partial charge in [-0.1, -0.05) is 29.8 Å². The van der Waals surface area contributed by atoms with Crippen LogP contribution in [0.5, 0.6) is 5.75 Å². The van der Waals surface area contributed by atoms with Gasteiger partial charge in [0.25, 0.3) is 5.91 Å². The summed E-state index contributed by atoms with van der Waals surface area (Å²) in [5.74, 6) is 0.491. The number of hydrogen-bond acceptors (Lipinski definition) is 3. The normalized spacial score (nSPS) is 15.5. The van der Waals surface area contributed by atoms with Gasteiger partial charge in [0, 0.05) is 24.6 Å². The molecule has 6 heteroatoms. The average molecular weight is 397 g/mol. The van der Waals surface area contributed by atoms with E-state index >= 15 is 0 Å². The van der Waals surface area contributed by atoms with Gasteiger partial charge in [-0.2, -0.15) is 0 Å². The topological polar surface area (TPSA) is 49.9 Å². The summed E-state index contributed by atoms with van der Waals surface area (Å²) in [6, 6.07) is 7.39. The highest BCUT2D eigenvalue weighted by atomic mass is 79.9. The number of carbonyl (C=O) groups is 2. The van der Waals surface area contributed by atoms with Crippen molar-refractivity contribution in [2.75, 3.05) is 26.7 Å². The van der Waals surface area contributed by atoms with Gasteiger partial charge in [-0.15, -0.1) is 0 Å². The predicted octanol–water partition coefficient (Wildman–Crippen LogP) is 2.93. The van der Waals surface area contributed by atoms with Crippen LogP contribution in [0.4, 0.5) is 0 Å². The number of hydrogen-bond donors (Lipinski definition) is 0. The van der Waals surface area contributed by atoms with Gasteiger partial charge in [0.05, 0.1) is 6.54 Å². The molecule has 1 unspecified atom stereocenters. The number of rotatable bonds is 6. The largest absolute Gasteiger partial charge is 0.480 e. The zero-order valence-corrected chi connectivity index (χ0v) is 16.1. The lowest BCUT2D eigenvalue weighted by molar-refractivity contribution is -0.144. The van der Waals surface area contributed by atoms with E-state index in [0.29, 0.717) is 5.75 Å². The minimum atomic E-state index is -0.609. The maximum absolute atomic E-state index is 12.7. The van der Waals surface area contributed by atoms with Crippen LogP contribution in [0.2, 0.25) is 0 Å². The summed E-state index contributed by atoms with van der Waals surface area (Å²) in [7, 11) is 1.66. The summed E-state index contributed by atoms with van der Waals surface area (Å²) in [6.07, 6.45) is 1.48. The second-order valence-corrected chi connectivity index (χ2v) is 7.43. The zero-order chi connectivity index (χ0) is 17.7. The summed E-state index contributed by atoms with van der Waals surface area (Å²) in [4.78, 5) is 28.3. The van der Waals surface area contributed by atoms with E-state index < -0.39 is 6.10 Å². The molecule has 24 heavy (non-hydrogen) atoms. The smallest absolute Gasteiger partial charge is 0.264 e. The van der Waals surface area contributed by atoms with Crippen molar-refractivity contribution in [1.82, 2.24) is 9.80 Å². The Hall–Kier alpha value is -1.56. The average Bonchev–Trinajstić information content (AvgIpc) is 3.07. The molecular formula is C18H25BrN2O3. The van der Waals surface area contributed by atoms with Crippen LogP contribution in [0.15, 0.2) is 28.7 Å². The Morgan fingerprint density at radius 3 is 2.33 bits per heavy atom. The molecule has 132 valence electrons. The second kappa shape index (κ2) is 8.51. The number of likely N-dealkylation sites (tertiary alicyclic amines) is 1. The number of likely N-dealkylation sites (N-methyl/N-ethyl adjacent to an activating group) is 1. The standard InChI is InChI=1S/C18H25BrN2O3/c1-13(2)17(24-15-8-6-14(19)7-9-15)18(23)20(3)12-16(22)21-10-4-5-11-21/h6-9,13,17H,4-5,10-12H2,1-3H3. The van der Waals surface area contributed by atoms with Gasteiger partial charge >= 0.3 is 0 Å². The van der Waals surface area contributed by atoms with Crippen LogP contribution < -0.4 is 4.74 Å². The van der Waals surface area contributed by atoms with Crippen molar-refractivity contribution in [3.05, 3.63) is 28.7 Å². The maximum atomic E-state index is 12.7. The van der Waals surface area contributed by atoms with E-state index in [4.69, 9.17) is 4.74 Å². The van der Waals surface area contributed by atoms with E-state index in [2.05, 4.69) is 15.9 Å². The van der Waals surface area contributed by atoms with Crippen molar-refractivity contribution in [3.63, 3.8) is 0 Å². The van der Waals surface area contributed by atoms with Gasteiger partial charge in [-0.05, 0) is 43.0 Å². The molecular weight excluding hydrogens is 372 g/mol. The molecule has 0 spiro atoms. The van der Waals surface area contributed by atoms with E-state index in [1.54, 1.807) is 7.05 Å². The highest BCUT2D eigenvalue weighted by molar-refractivity contribution is 9.10. The molecule has 0 bridgehead atoms. The monoisotopic (exact) mass is 396 g/mol. The van der Waals surface area contributed by atoms with Gasteiger partial charge in [0.2, 0.25) is 5.91 Å². The van der Waals surface area contributed by atoms with Crippen LogP contribution in [-0.2, 0) is 9.59 Å². The maximum Gasteiger partial charge on any atom is 0.264 e. The lowest BCUT2D eigenvalue weighted by Crippen LogP contribution is -2.47. The molecule has 1 aromatic rings. The van der Waals surface area contributed by atoms with E-state index in [1.165, 1.54) is 4.90 Å². The molecule has 2 rings (SSSR count). The Morgan fingerprint density at radius 2 is 1.79 bits per heavy atom. The first-order valence-corrected chi connectivity index (χ1v) is 9.12. The van der Waals surface area contributed by atoms with Crippen molar-refractivity contribution in [2.24, 2.45) is 5.92 Å². The quantitative estimate of drug-likeness (QED) is 0.742. The van der Waals surface area contributed by atoms with Crippen LogP contribution in [0.25, 0.3) is 0 Å². The number of carbonyl (C=O) groups excluding carboxylic acids is 2. The highest BCUT2D eigenvalue weighted by Gasteiger charge is 2.29. The second-order valence-electron chi connectivity index (χ2n) is 6.52. The fourth-order valence-electron chi connectivity index (χ4n) is 2.70. The third-order valence-electron chi connectivity index (χ3n) is 4.13. The number of amides is 2. The first-order valence-electron chi connectivity index (χ1n) is 8.33. The Balaban J connectivity index is 1.99. The number of nitrogens with zero attached hydrogens (tertiary/aromatic N) is 2. The van der Waals surface area contributed by atoms with Crippen molar-refractivity contribution in [1.29, 1.82) is 0 Å². The first-order chi connectivity index (χ1) is 11.4. The molecule has 1 aromatic carbocycles. The molecule has 1 aliphatic rings. The number of benzene rings is 1. The molecule has 5 nitrogen and oxygen atoms in total. The van der Waals surface area contributed by atoms with E-state index in [0.717, 1.165) is 30.4 Å². The van der Waals surface area contributed by atoms with Crippen LogP contribution in [0.1, 0.15) is 26.7 Å². The van der Waals surface area contributed by atoms with Gasteiger partial charge in [-0.25, -0.2) is 0 Å². The van der Waals surface area contributed by atoms with Crippen LogP contribution in [0, 0.1) is 5.92 Å². The zero-order valence-electron chi connectivity index (χ0n) is 14.5. The lowest BCUT2D eigenvalue weighted by atomic mass is 10.1. The molecule has 1 fully saturated rings. The van der Waals surface area contributed by atoms with Gasteiger partial charge in [0.1, 0.15) is 5.75 Å². The molecule has 0 N–H and O–H groups in total. The van der Waals surface area contributed by atoms with Gasteiger partial charge < -0.3 is 14.5 Å². The molecule has 1 atom stereocenters. The molecule has 0 saturated carbocycles. The van der Waals surface area contributed by atoms with E-state index in [1.807, 2.05) is 43.0 Å². The van der Waals surface area contributed by atoms with Gasteiger partial charge in [-0.3, -0.25) is 9.59 Å². The summed E-state index contributed by atoms with van der Waals surface area (Å²) >= 11 is 3.38. The van der Waals surface area contributed by atoms with Gasteiger partial charge in [0.15, 0.2) is 6.10 Å². The van der Waals surface area contributed by atoms with Crippen LogP contribution in [-0.4, -0.2) is 54.4 Å². The Labute approximate surface area is 152 Å². The summed E-state index contributed by atoms with van der Waals surface area (Å²) < 4.78 is 6.84. The minimum Gasteiger partial charge on any atom is -0.480 e. The number of halogens is 1. The van der Waals surface area contributed by atoms with Crippen molar-refractivity contribution >= 4 is 27.7 Å². The molecule has 1 heterocycles. The molecule has 0 radical (unpaired) electrons. The minimum absolute atomic E-state index is 0.00508. The van der Waals surface area contributed by atoms with Crippen molar-refractivity contribution in [3.8, 4) is 5.75 Å². The third kappa shape index (κ3) is 4.97. The molecule has 1 aliphatic heterocycles. The van der Waals surface area contributed by atoms with E-state index in [9.17, 15) is 9.59 Å². The third-order valence-corrected chi connectivity index (χ3v) is 4.66. The summed E-state index contributed by atoms with van der Waals surface area (Å²) in [5, 5.41) is 0. The SMILES string of the molecule is CC(C)C(Oc1ccc(Br)cc1)C(=O)N(C)CC(=O)N1CCCC1. The predicted molar refractivity (Wildman–Crippen MR) is 96.8 cm³/mol. The van der Waals surface area contributed by atoms with E-state index in [-0.39, 0.29) is 24.3 Å². The van der Waals surface area contributed by atoms with Crippen LogP contribution >= 0.6 is 15.9 Å². The summed E-state index contributed by atoms with van der Waals surface area (Å²) in [6.45, 7) is 5.58. The first kappa shape index (κ1) is 18.8. The molecule has 0 aliphatic carbocycles. The Morgan fingerprint density at radius 1 is 1.21 bits per heavy atom. The molecule has 0 aromatic heterocycles. The Bertz CT molecular complexity index is 568. The highest BCUT2D eigenvalue weighted by Crippen LogP contribution is 2.20. The van der Waals surface area contributed by atoms with Crippen molar-refractivity contribution < 1.29 is 14.3 Å². The van der Waals surface area contributed by atoms with Crippen molar-refractivity contribution in [2.45, 2.75) is 32.8 Å². The lowest BCUT2D eigenvalue weighted by Gasteiger charge is -2.28. The number of ether oxygens (including phenoxy) is 1. The fourth-order valence-corrected chi connectivity index (χ4v) is 2.96. The van der Waals surface area contributed by atoms with Crippen LogP contribution in [0.3, 0.4) is 0 Å². The summed E-state index contributed by atoms with van der Waals surface area (Å²) in [5.41, 5.74) is 0. The Kier molecular flexibility index (Phi) is 6.66. The molecule has 2 amide bonds.